The van der Waals surface area contributed by atoms with Crippen LogP contribution in [0.5, 0.6) is 0 Å². The summed E-state index contributed by atoms with van der Waals surface area (Å²) in [7, 11) is 0. The lowest BCUT2D eigenvalue weighted by Gasteiger charge is -2.05. The summed E-state index contributed by atoms with van der Waals surface area (Å²) in [6.45, 7) is 12.8. The second-order valence-electron chi connectivity index (χ2n) is 3.30. The van der Waals surface area contributed by atoms with Crippen LogP contribution in [0.3, 0.4) is 0 Å². The van der Waals surface area contributed by atoms with Gasteiger partial charge in [0.25, 0.3) is 0 Å². The van der Waals surface area contributed by atoms with Crippen LogP contribution in [-0.2, 0) is 9.53 Å². The summed E-state index contributed by atoms with van der Waals surface area (Å²) in [5, 5.41) is 2.75. The predicted molar refractivity (Wildman–Crippen MR) is 78.6 cm³/mol. The Balaban J connectivity index is 0. The van der Waals surface area contributed by atoms with Crippen molar-refractivity contribution in [2.75, 3.05) is 19.8 Å². The van der Waals surface area contributed by atoms with Crippen molar-refractivity contribution < 1.29 is 9.53 Å². The molecule has 0 heterocycles. The molecule has 0 aromatic rings. The minimum atomic E-state index is -0.0648. The summed E-state index contributed by atoms with van der Waals surface area (Å²) < 4.78 is 5.28. The molecule has 104 valence electrons. The van der Waals surface area contributed by atoms with Gasteiger partial charge in [-0.2, -0.15) is 0 Å². The fraction of sp³-hybridized carbons (Fsp3) is 0.533. The summed E-state index contributed by atoms with van der Waals surface area (Å²) in [5.74, 6) is -0.0648. The van der Waals surface area contributed by atoms with Gasteiger partial charge in [0.05, 0.1) is 6.61 Å². The van der Waals surface area contributed by atoms with Gasteiger partial charge in [-0.15, -0.1) is 0 Å². The molecule has 18 heavy (non-hydrogen) atoms. The maximum Gasteiger partial charge on any atom is 0.246 e. The first-order valence-corrected chi connectivity index (χ1v) is 6.53. The minimum absolute atomic E-state index is 0.0648. The highest BCUT2D eigenvalue weighted by Crippen LogP contribution is 1.97. The molecule has 0 aromatic heterocycles. The van der Waals surface area contributed by atoms with Crippen LogP contribution in [0.25, 0.3) is 0 Å². The Morgan fingerprint density at radius 2 is 2.00 bits per heavy atom. The van der Waals surface area contributed by atoms with E-state index < -0.39 is 0 Å². The zero-order chi connectivity index (χ0) is 14.2. The monoisotopic (exact) mass is 253 g/mol. The van der Waals surface area contributed by atoms with Crippen molar-refractivity contribution in [3.8, 4) is 0 Å². The molecule has 0 rings (SSSR count). The lowest BCUT2D eigenvalue weighted by atomic mass is 10.2. The number of carbonyl (C=O) groups excluding carboxylic acids is 1. The molecular formula is C15H27NO2. The van der Waals surface area contributed by atoms with E-state index in [1.54, 1.807) is 6.08 Å². The number of hydrogen-bond acceptors (Lipinski definition) is 2. The van der Waals surface area contributed by atoms with E-state index in [0.29, 0.717) is 13.2 Å². The number of ether oxygens (including phenoxy) is 1. The summed E-state index contributed by atoms with van der Waals surface area (Å²) in [6, 6.07) is 0. The molecule has 0 aliphatic heterocycles. The molecule has 0 saturated carbocycles. The SMILES string of the molecule is C=C/C=C\C(=C/C)COCC(=O)NCCC.CC. The number of nitrogens with one attached hydrogen (secondary N) is 1. The second-order valence-corrected chi connectivity index (χ2v) is 3.30. The molecule has 0 aliphatic carbocycles. The van der Waals surface area contributed by atoms with Crippen LogP contribution in [0.4, 0.5) is 0 Å². The van der Waals surface area contributed by atoms with Crippen LogP contribution < -0.4 is 5.32 Å². The maximum atomic E-state index is 11.2. The molecule has 0 aliphatic rings. The van der Waals surface area contributed by atoms with Crippen LogP contribution in [0, 0.1) is 0 Å². The zero-order valence-electron chi connectivity index (χ0n) is 12.2. The normalized spacial score (nSPS) is 10.8. The Morgan fingerprint density at radius 3 is 2.50 bits per heavy atom. The maximum absolute atomic E-state index is 11.2. The number of amides is 1. The van der Waals surface area contributed by atoms with E-state index in [0.717, 1.165) is 12.0 Å². The van der Waals surface area contributed by atoms with Gasteiger partial charge in [-0.3, -0.25) is 4.79 Å². The largest absolute Gasteiger partial charge is 0.367 e. The Hall–Kier alpha value is -1.35. The highest BCUT2D eigenvalue weighted by molar-refractivity contribution is 5.77. The van der Waals surface area contributed by atoms with Crippen LogP contribution in [0.1, 0.15) is 34.1 Å². The van der Waals surface area contributed by atoms with Gasteiger partial charge in [0, 0.05) is 6.54 Å². The highest BCUT2D eigenvalue weighted by atomic mass is 16.5. The lowest BCUT2D eigenvalue weighted by molar-refractivity contribution is -0.125. The number of allylic oxidation sites excluding steroid dienone is 3. The van der Waals surface area contributed by atoms with Crippen molar-refractivity contribution in [3.05, 3.63) is 36.5 Å². The van der Waals surface area contributed by atoms with Crippen molar-refractivity contribution in [1.82, 2.24) is 5.32 Å². The quantitative estimate of drug-likeness (QED) is 0.674. The summed E-state index contributed by atoms with van der Waals surface area (Å²) in [6.07, 6.45) is 8.35. The van der Waals surface area contributed by atoms with Crippen molar-refractivity contribution in [1.29, 1.82) is 0 Å². The van der Waals surface area contributed by atoms with E-state index in [1.807, 2.05) is 45.9 Å². The van der Waals surface area contributed by atoms with Crippen molar-refractivity contribution in [3.63, 3.8) is 0 Å². The Bertz CT molecular complexity index is 268. The molecule has 3 heteroatoms. The van der Waals surface area contributed by atoms with E-state index in [2.05, 4.69) is 11.9 Å². The van der Waals surface area contributed by atoms with Gasteiger partial charge in [-0.25, -0.2) is 0 Å². The van der Waals surface area contributed by atoms with Crippen molar-refractivity contribution >= 4 is 5.91 Å². The van der Waals surface area contributed by atoms with E-state index in [-0.39, 0.29) is 12.5 Å². The first-order valence-electron chi connectivity index (χ1n) is 6.53. The van der Waals surface area contributed by atoms with E-state index >= 15 is 0 Å². The summed E-state index contributed by atoms with van der Waals surface area (Å²) in [4.78, 5) is 11.2. The highest BCUT2D eigenvalue weighted by Gasteiger charge is 1.99. The molecule has 3 nitrogen and oxygen atoms in total. The van der Waals surface area contributed by atoms with Crippen LogP contribution in [-0.4, -0.2) is 25.7 Å². The van der Waals surface area contributed by atoms with Gasteiger partial charge in [-0.05, 0) is 18.9 Å². The fourth-order valence-corrected chi connectivity index (χ4v) is 0.996. The van der Waals surface area contributed by atoms with Gasteiger partial charge in [0.15, 0.2) is 0 Å². The van der Waals surface area contributed by atoms with Gasteiger partial charge in [0.2, 0.25) is 5.91 Å². The van der Waals surface area contributed by atoms with Crippen molar-refractivity contribution in [2.45, 2.75) is 34.1 Å². The first kappa shape index (κ1) is 19.0. The Kier molecular flexibility index (Phi) is 16.5. The number of hydrogen-bond donors (Lipinski definition) is 1. The van der Waals surface area contributed by atoms with Gasteiger partial charge in [0.1, 0.15) is 6.61 Å². The standard InChI is InChI=1S/C13H21NO2.C2H6/c1-4-7-8-12(6-3)10-16-11-13(15)14-9-5-2;1-2/h4,6-8H,1,5,9-11H2,2-3H3,(H,14,15);1-2H3/b8-7-,12-6+;. The Morgan fingerprint density at radius 1 is 1.33 bits per heavy atom. The molecule has 0 atom stereocenters. The second kappa shape index (κ2) is 15.6. The Labute approximate surface area is 112 Å². The molecule has 0 radical (unpaired) electrons. The summed E-state index contributed by atoms with van der Waals surface area (Å²) in [5.41, 5.74) is 1.03. The summed E-state index contributed by atoms with van der Waals surface area (Å²) >= 11 is 0. The van der Waals surface area contributed by atoms with E-state index in [4.69, 9.17) is 4.74 Å². The molecule has 0 bridgehead atoms. The zero-order valence-corrected chi connectivity index (χ0v) is 12.2. The number of carbonyl (C=O) groups is 1. The van der Waals surface area contributed by atoms with Gasteiger partial charge in [-0.1, -0.05) is 51.7 Å². The van der Waals surface area contributed by atoms with Crippen LogP contribution in [0.2, 0.25) is 0 Å². The average molecular weight is 253 g/mol. The molecule has 0 fully saturated rings. The predicted octanol–water partition coefficient (Wildman–Crippen LogP) is 3.24. The van der Waals surface area contributed by atoms with Gasteiger partial charge >= 0.3 is 0 Å². The molecule has 1 N–H and O–H groups in total. The molecule has 0 unspecified atom stereocenters. The van der Waals surface area contributed by atoms with Crippen molar-refractivity contribution in [2.24, 2.45) is 0 Å². The molecule has 0 aromatic carbocycles. The molecule has 0 saturated heterocycles. The van der Waals surface area contributed by atoms with Gasteiger partial charge < -0.3 is 10.1 Å². The third-order valence-corrected chi connectivity index (χ3v) is 1.89. The topological polar surface area (TPSA) is 38.3 Å². The van der Waals surface area contributed by atoms with Crippen LogP contribution >= 0.6 is 0 Å². The lowest BCUT2D eigenvalue weighted by Crippen LogP contribution is -2.28. The fourth-order valence-electron chi connectivity index (χ4n) is 0.996. The van der Waals surface area contributed by atoms with Crippen LogP contribution in [0.15, 0.2) is 36.5 Å². The first-order chi connectivity index (χ1) is 8.74. The molecule has 0 spiro atoms. The third kappa shape index (κ3) is 12.7. The molecule has 1 amide bonds. The molecular weight excluding hydrogens is 226 g/mol. The van der Waals surface area contributed by atoms with E-state index in [1.165, 1.54) is 0 Å². The average Bonchev–Trinajstić information content (AvgIpc) is 2.42. The minimum Gasteiger partial charge on any atom is -0.367 e. The van der Waals surface area contributed by atoms with E-state index in [9.17, 15) is 4.79 Å². The number of rotatable bonds is 8. The third-order valence-electron chi connectivity index (χ3n) is 1.89. The smallest absolute Gasteiger partial charge is 0.246 e.